The lowest BCUT2D eigenvalue weighted by Crippen LogP contribution is -2.60. The normalized spacial score (nSPS) is 21.6. The first kappa shape index (κ1) is 35.3. The van der Waals surface area contributed by atoms with Gasteiger partial charge in [0.15, 0.2) is 40.8 Å². The summed E-state index contributed by atoms with van der Waals surface area (Å²) in [6, 6.07) is 12.2. The average molecular weight is 659 g/mol. The number of ketones is 1. The number of phenols is 5. The molecule has 1 saturated heterocycles. The zero-order valence-electron chi connectivity index (χ0n) is 25.4. The van der Waals surface area contributed by atoms with Crippen LogP contribution in [0.15, 0.2) is 54.6 Å². The van der Waals surface area contributed by atoms with Gasteiger partial charge in [-0.1, -0.05) is 12.1 Å². The van der Waals surface area contributed by atoms with Gasteiger partial charge in [0.05, 0.1) is 18.8 Å². The van der Waals surface area contributed by atoms with Crippen LogP contribution in [-0.4, -0.2) is 103 Å². The highest BCUT2D eigenvalue weighted by molar-refractivity contribution is 5.90. The van der Waals surface area contributed by atoms with Crippen molar-refractivity contribution in [2.24, 2.45) is 0 Å². The maximum atomic E-state index is 13.0. The maximum Gasteiger partial charge on any atom is 0.338 e. The monoisotopic (exact) mass is 658 g/mol. The van der Waals surface area contributed by atoms with Crippen molar-refractivity contribution in [3.63, 3.8) is 0 Å². The van der Waals surface area contributed by atoms with Crippen molar-refractivity contribution in [1.29, 1.82) is 0 Å². The molecule has 1 heterocycles. The molecule has 0 bridgehead atoms. The van der Waals surface area contributed by atoms with Crippen molar-refractivity contribution in [3.8, 4) is 34.5 Å². The lowest BCUT2D eigenvalue weighted by molar-refractivity contribution is -0.311. The number of carbonyl (C=O) groups excluding carboxylic acids is 2. The topological polar surface area (TPSA) is 233 Å². The van der Waals surface area contributed by atoms with Gasteiger partial charge in [-0.25, -0.2) is 4.79 Å². The number of ether oxygens (including phenoxy) is 4. The van der Waals surface area contributed by atoms with Crippen molar-refractivity contribution in [1.82, 2.24) is 0 Å². The Labute approximate surface area is 269 Å². The number of aliphatic hydroxyl groups excluding tert-OH is 3. The Bertz CT molecular complexity index is 1540. The summed E-state index contributed by atoms with van der Waals surface area (Å²) in [4.78, 5) is 25.7. The molecule has 0 unspecified atom stereocenters. The third-order valence-electron chi connectivity index (χ3n) is 7.77. The summed E-state index contributed by atoms with van der Waals surface area (Å²) in [6.07, 6.45) is -8.41. The number of Topliss-reactive ketones (excluding diaryl/α,β-unsaturated/α-hetero) is 1. The highest BCUT2D eigenvalue weighted by atomic mass is 16.7. The van der Waals surface area contributed by atoms with Crippen LogP contribution in [-0.2, 0) is 31.8 Å². The van der Waals surface area contributed by atoms with Gasteiger partial charge in [0.25, 0.3) is 0 Å². The zero-order valence-corrected chi connectivity index (χ0v) is 25.4. The lowest BCUT2D eigenvalue weighted by Gasteiger charge is -2.41. The van der Waals surface area contributed by atoms with Crippen molar-refractivity contribution in [2.45, 2.75) is 68.9 Å². The summed E-state index contributed by atoms with van der Waals surface area (Å²) in [5.74, 6) is -2.51. The van der Waals surface area contributed by atoms with Crippen LogP contribution in [0.2, 0.25) is 0 Å². The van der Waals surface area contributed by atoms with Gasteiger partial charge in [-0.15, -0.1) is 0 Å². The fraction of sp³-hybridized carbons (Fsp3) is 0.394. The number of rotatable bonds is 14. The molecule has 14 heteroatoms. The Hall–Kier alpha value is -4.60. The van der Waals surface area contributed by atoms with E-state index < -0.39 is 49.4 Å². The predicted octanol–water partition coefficient (Wildman–Crippen LogP) is 1.80. The molecule has 47 heavy (non-hydrogen) atoms. The second kappa shape index (κ2) is 15.8. The first-order valence-corrected chi connectivity index (χ1v) is 14.8. The van der Waals surface area contributed by atoms with Gasteiger partial charge in [-0.3, -0.25) is 4.79 Å². The van der Waals surface area contributed by atoms with E-state index in [2.05, 4.69) is 0 Å². The molecule has 1 aliphatic heterocycles. The van der Waals surface area contributed by atoms with Gasteiger partial charge in [-0.2, -0.15) is 0 Å². The van der Waals surface area contributed by atoms with Crippen LogP contribution in [0.5, 0.6) is 34.5 Å². The SMILES string of the molecule is COc1cc(C(=O)OC[C@H]2O[C@@H](O[C@@H](CCc3ccc(O)c(O)c3)CC(=O)CCc3ccc(O)c(O)c3)[C@H](O)[C@@H](O)[C@@H]2O)ccc1O. The number of aromatic hydroxyl groups is 5. The molecule has 14 nitrogen and oxygen atoms in total. The minimum absolute atomic E-state index is 0.0275. The smallest absolute Gasteiger partial charge is 0.338 e. The molecule has 1 aliphatic rings. The molecule has 8 N–H and O–H groups in total. The van der Waals surface area contributed by atoms with E-state index in [1.165, 1.54) is 49.6 Å². The molecule has 3 aromatic rings. The van der Waals surface area contributed by atoms with Crippen LogP contribution in [0, 0.1) is 0 Å². The molecule has 0 aliphatic carbocycles. The van der Waals surface area contributed by atoms with E-state index in [0.29, 0.717) is 11.1 Å². The van der Waals surface area contributed by atoms with Crippen LogP contribution < -0.4 is 4.74 Å². The van der Waals surface area contributed by atoms with E-state index in [4.69, 9.17) is 18.9 Å². The molecule has 4 rings (SSSR count). The minimum Gasteiger partial charge on any atom is -0.504 e. The first-order chi connectivity index (χ1) is 22.4. The number of aliphatic hydroxyl groups is 3. The summed E-state index contributed by atoms with van der Waals surface area (Å²) in [5, 5.41) is 80.4. The maximum absolute atomic E-state index is 13.0. The van der Waals surface area contributed by atoms with Crippen LogP contribution in [0.25, 0.3) is 0 Å². The van der Waals surface area contributed by atoms with E-state index in [1.54, 1.807) is 12.1 Å². The summed E-state index contributed by atoms with van der Waals surface area (Å²) in [5.41, 5.74) is 1.24. The molecular weight excluding hydrogens is 620 g/mol. The number of esters is 1. The zero-order chi connectivity index (χ0) is 34.2. The molecule has 1 fully saturated rings. The van der Waals surface area contributed by atoms with Gasteiger partial charge in [0, 0.05) is 12.8 Å². The quantitative estimate of drug-likeness (QED) is 0.0912. The van der Waals surface area contributed by atoms with E-state index in [9.17, 15) is 50.4 Å². The van der Waals surface area contributed by atoms with Crippen molar-refractivity contribution >= 4 is 11.8 Å². The van der Waals surface area contributed by atoms with Crippen LogP contribution in [0.3, 0.4) is 0 Å². The number of methoxy groups -OCH3 is 1. The van der Waals surface area contributed by atoms with Gasteiger partial charge < -0.3 is 59.8 Å². The van der Waals surface area contributed by atoms with Crippen molar-refractivity contribution in [2.75, 3.05) is 13.7 Å². The van der Waals surface area contributed by atoms with E-state index >= 15 is 0 Å². The number of benzene rings is 3. The van der Waals surface area contributed by atoms with Crippen molar-refractivity contribution in [3.05, 3.63) is 71.3 Å². The fourth-order valence-electron chi connectivity index (χ4n) is 5.04. The number of hydrogen-bond donors (Lipinski definition) is 8. The van der Waals surface area contributed by atoms with Gasteiger partial charge in [0.1, 0.15) is 36.8 Å². The molecule has 3 aromatic carbocycles. The number of phenolic OH excluding ortho intramolecular Hbond substituents is 5. The average Bonchev–Trinajstić information content (AvgIpc) is 3.05. The molecular formula is C33H38O14. The number of hydrogen-bond acceptors (Lipinski definition) is 14. The summed E-state index contributed by atoms with van der Waals surface area (Å²) in [6.45, 7) is -0.553. The van der Waals surface area contributed by atoms with Crippen molar-refractivity contribution < 1.29 is 69.4 Å². The Morgan fingerprint density at radius 2 is 1.38 bits per heavy atom. The summed E-state index contributed by atoms with van der Waals surface area (Å²) < 4.78 is 22.0. The predicted molar refractivity (Wildman–Crippen MR) is 162 cm³/mol. The molecule has 0 saturated carbocycles. The molecule has 0 amide bonds. The lowest BCUT2D eigenvalue weighted by atomic mass is 9.97. The second-order valence-electron chi connectivity index (χ2n) is 11.2. The fourth-order valence-corrected chi connectivity index (χ4v) is 5.04. The number of aryl methyl sites for hydroxylation is 2. The van der Waals surface area contributed by atoms with Crippen LogP contribution in [0.4, 0.5) is 0 Å². The Kier molecular flexibility index (Phi) is 11.9. The van der Waals surface area contributed by atoms with Crippen LogP contribution in [0.1, 0.15) is 40.7 Å². The number of carbonyl (C=O) groups is 2. The Morgan fingerprint density at radius 3 is 2.00 bits per heavy atom. The highest BCUT2D eigenvalue weighted by Crippen LogP contribution is 2.30. The molecule has 0 aromatic heterocycles. The standard InChI is InChI=1S/C33H38O14/c1-44-27-14-19(6-11-24(27)37)32(43)45-16-28-29(40)30(41)31(42)33(47-28)46-21(8-3-18-5-10-23(36)26(39)13-18)15-20(34)7-2-17-4-9-22(35)25(38)12-17/h4-6,9-14,21,28-31,33,35-42H,2-3,7-8,15-16H2,1H3/t21-,28+,29+,30-,31+,33+/m0/s1. The Morgan fingerprint density at radius 1 is 0.766 bits per heavy atom. The first-order valence-electron chi connectivity index (χ1n) is 14.8. The summed E-state index contributed by atoms with van der Waals surface area (Å²) in [7, 11) is 1.31. The highest BCUT2D eigenvalue weighted by Gasteiger charge is 2.45. The van der Waals surface area contributed by atoms with Gasteiger partial charge >= 0.3 is 5.97 Å². The molecule has 0 radical (unpaired) electrons. The van der Waals surface area contributed by atoms with Gasteiger partial charge in [0.2, 0.25) is 0 Å². The molecule has 6 atom stereocenters. The summed E-state index contributed by atoms with van der Waals surface area (Å²) >= 11 is 0. The van der Waals surface area contributed by atoms with Crippen LogP contribution >= 0.6 is 0 Å². The van der Waals surface area contributed by atoms with E-state index in [1.807, 2.05) is 0 Å². The Balaban J connectivity index is 1.44. The minimum atomic E-state index is -1.77. The third kappa shape index (κ3) is 9.24. The van der Waals surface area contributed by atoms with E-state index in [-0.39, 0.29) is 77.9 Å². The molecule has 254 valence electrons. The van der Waals surface area contributed by atoms with E-state index in [0.717, 1.165) is 0 Å². The third-order valence-corrected chi connectivity index (χ3v) is 7.77. The second-order valence-corrected chi connectivity index (χ2v) is 11.2. The molecule has 0 spiro atoms. The van der Waals surface area contributed by atoms with Gasteiger partial charge in [-0.05, 0) is 72.9 Å². The largest absolute Gasteiger partial charge is 0.504 e.